The van der Waals surface area contributed by atoms with Gasteiger partial charge >= 0.3 is 0 Å². The van der Waals surface area contributed by atoms with Crippen LogP contribution >= 0.6 is 0 Å². The molecule has 0 heterocycles. The number of methoxy groups -OCH3 is 2. The zero-order valence-electron chi connectivity index (χ0n) is 13.2. The van der Waals surface area contributed by atoms with Crippen molar-refractivity contribution in [3.8, 4) is 11.5 Å². The van der Waals surface area contributed by atoms with Gasteiger partial charge in [-0.05, 0) is 37.1 Å². The number of nitrogens with one attached hydrogen (secondary N) is 1. The van der Waals surface area contributed by atoms with Gasteiger partial charge < -0.3 is 14.8 Å². The van der Waals surface area contributed by atoms with Crippen LogP contribution < -0.4 is 14.8 Å². The van der Waals surface area contributed by atoms with Crippen molar-refractivity contribution in [1.29, 1.82) is 0 Å². The van der Waals surface area contributed by atoms with Gasteiger partial charge in [-0.2, -0.15) is 0 Å². The molecule has 0 bridgehead atoms. The first-order chi connectivity index (χ1) is 10.6. The van der Waals surface area contributed by atoms with Crippen molar-refractivity contribution in [3.05, 3.63) is 59.4 Å². The Bertz CT molecular complexity index is 616. The molecule has 1 atom stereocenters. The van der Waals surface area contributed by atoms with Crippen molar-refractivity contribution >= 4 is 0 Å². The van der Waals surface area contributed by atoms with E-state index in [1.807, 2.05) is 24.3 Å². The van der Waals surface area contributed by atoms with Crippen LogP contribution in [0, 0.1) is 5.82 Å². The molecule has 22 heavy (non-hydrogen) atoms. The monoisotopic (exact) mass is 303 g/mol. The standard InChI is InChI=1S/C18H22FNO2/c1-13(20-12-15-6-4-5-7-16(15)19)10-14-8-9-17(21-2)18(11-14)22-3/h4-9,11,13,20H,10,12H2,1-3H3/t13-/m0/s1. The first-order valence-corrected chi connectivity index (χ1v) is 7.31. The first-order valence-electron chi connectivity index (χ1n) is 7.31. The van der Waals surface area contributed by atoms with Gasteiger partial charge in [-0.25, -0.2) is 4.39 Å². The number of rotatable bonds is 7. The topological polar surface area (TPSA) is 30.5 Å². The average molecular weight is 303 g/mol. The van der Waals surface area contributed by atoms with Crippen LogP contribution in [0.3, 0.4) is 0 Å². The lowest BCUT2D eigenvalue weighted by molar-refractivity contribution is 0.354. The number of benzene rings is 2. The molecule has 0 aliphatic heterocycles. The van der Waals surface area contributed by atoms with Gasteiger partial charge in [-0.1, -0.05) is 24.3 Å². The molecule has 1 N–H and O–H groups in total. The van der Waals surface area contributed by atoms with Crippen molar-refractivity contribution in [2.75, 3.05) is 14.2 Å². The quantitative estimate of drug-likeness (QED) is 0.848. The molecule has 2 aromatic rings. The Morgan fingerprint density at radius 2 is 1.77 bits per heavy atom. The van der Waals surface area contributed by atoms with Crippen molar-refractivity contribution in [2.45, 2.75) is 25.9 Å². The number of hydrogen-bond donors (Lipinski definition) is 1. The van der Waals surface area contributed by atoms with Gasteiger partial charge in [0.2, 0.25) is 0 Å². The van der Waals surface area contributed by atoms with Gasteiger partial charge in [0.25, 0.3) is 0 Å². The molecule has 0 radical (unpaired) electrons. The van der Waals surface area contributed by atoms with Gasteiger partial charge in [0.15, 0.2) is 11.5 Å². The van der Waals surface area contributed by atoms with Crippen molar-refractivity contribution < 1.29 is 13.9 Å². The second kappa shape index (κ2) is 7.80. The molecule has 0 unspecified atom stereocenters. The van der Waals surface area contributed by atoms with Crippen LogP contribution in [0.4, 0.5) is 4.39 Å². The van der Waals surface area contributed by atoms with Gasteiger partial charge in [0.05, 0.1) is 14.2 Å². The summed E-state index contributed by atoms with van der Waals surface area (Å²) in [6.07, 6.45) is 0.828. The van der Waals surface area contributed by atoms with E-state index in [0.29, 0.717) is 12.1 Å². The van der Waals surface area contributed by atoms with Gasteiger partial charge in [0, 0.05) is 18.2 Å². The van der Waals surface area contributed by atoms with Crippen molar-refractivity contribution in [1.82, 2.24) is 5.32 Å². The summed E-state index contributed by atoms with van der Waals surface area (Å²) in [6.45, 7) is 2.60. The van der Waals surface area contributed by atoms with E-state index in [4.69, 9.17) is 9.47 Å². The lowest BCUT2D eigenvalue weighted by atomic mass is 10.1. The maximum Gasteiger partial charge on any atom is 0.160 e. The van der Waals surface area contributed by atoms with Crippen LogP contribution in [0.25, 0.3) is 0 Å². The van der Waals surface area contributed by atoms with Crippen molar-refractivity contribution in [2.24, 2.45) is 0 Å². The van der Waals surface area contributed by atoms with Gasteiger partial charge in [0.1, 0.15) is 5.82 Å². The molecule has 3 nitrogen and oxygen atoms in total. The molecule has 2 aromatic carbocycles. The van der Waals surface area contributed by atoms with E-state index in [9.17, 15) is 4.39 Å². The summed E-state index contributed by atoms with van der Waals surface area (Å²) in [5.41, 5.74) is 1.83. The van der Waals surface area contributed by atoms with Gasteiger partial charge in [-0.3, -0.25) is 0 Å². The molecule has 0 amide bonds. The van der Waals surface area contributed by atoms with Crippen LogP contribution in [-0.2, 0) is 13.0 Å². The van der Waals surface area contributed by atoms with Crippen LogP contribution in [0.1, 0.15) is 18.1 Å². The third-order valence-electron chi connectivity index (χ3n) is 3.59. The molecule has 0 saturated carbocycles. The summed E-state index contributed by atoms with van der Waals surface area (Å²) in [5.74, 6) is 1.27. The van der Waals surface area contributed by atoms with Crippen LogP contribution in [0.5, 0.6) is 11.5 Å². The predicted octanol–water partition coefficient (Wildman–Crippen LogP) is 3.56. The van der Waals surface area contributed by atoms with E-state index >= 15 is 0 Å². The van der Waals surface area contributed by atoms with Crippen LogP contribution in [-0.4, -0.2) is 20.3 Å². The van der Waals surface area contributed by atoms with E-state index in [-0.39, 0.29) is 11.9 Å². The summed E-state index contributed by atoms with van der Waals surface area (Å²) in [4.78, 5) is 0. The van der Waals surface area contributed by atoms with Crippen molar-refractivity contribution in [3.63, 3.8) is 0 Å². The largest absolute Gasteiger partial charge is 0.493 e. The maximum absolute atomic E-state index is 13.6. The summed E-state index contributed by atoms with van der Waals surface area (Å²) < 4.78 is 24.1. The van der Waals surface area contributed by atoms with E-state index in [1.165, 1.54) is 6.07 Å². The summed E-state index contributed by atoms with van der Waals surface area (Å²) in [7, 11) is 3.25. The number of ether oxygens (including phenoxy) is 2. The molecule has 0 aromatic heterocycles. The minimum absolute atomic E-state index is 0.173. The minimum atomic E-state index is -0.173. The predicted molar refractivity (Wildman–Crippen MR) is 86.0 cm³/mol. The molecule has 2 rings (SSSR count). The molecular formula is C18H22FNO2. The normalized spacial score (nSPS) is 12.0. The highest BCUT2D eigenvalue weighted by atomic mass is 19.1. The molecule has 0 saturated heterocycles. The molecule has 4 heteroatoms. The third-order valence-corrected chi connectivity index (χ3v) is 3.59. The molecule has 0 spiro atoms. The number of halogens is 1. The van der Waals surface area contributed by atoms with E-state index in [1.54, 1.807) is 26.4 Å². The fraction of sp³-hybridized carbons (Fsp3) is 0.333. The van der Waals surface area contributed by atoms with E-state index < -0.39 is 0 Å². The highest BCUT2D eigenvalue weighted by molar-refractivity contribution is 5.43. The molecular weight excluding hydrogens is 281 g/mol. The number of hydrogen-bond acceptors (Lipinski definition) is 3. The Hall–Kier alpha value is -2.07. The molecule has 0 aliphatic carbocycles. The minimum Gasteiger partial charge on any atom is -0.493 e. The van der Waals surface area contributed by atoms with Gasteiger partial charge in [-0.15, -0.1) is 0 Å². The SMILES string of the molecule is COc1ccc(C[C@H](C)NCc2ccccc2F)cc1OC. The maximum atomic E-state index is 13.6. The molecule has 0 fully saturated rings. The lowest BCUT2D eigenvalue weighted by Crippen LogP contribution is -2.27. The molecule has 118 valence electrons. The Morgan fingerprint density at radius 3 is 2.45 bits per heavy atom. The first kappa shape index (κ1) is 16.3. The Labute approximate surface area is 131 Å². The summed E-state index contributed by atoms with van der Waals surface area (Å²) >= 11 is 0. The fourth-order valence-electron chi connectivity index (χ4n) is 2.36. The highest BCUT2D eigenvalue weighted by Crippen LogP contribution is 2.27. The summed E-state index contributed by atoms with van der Waals surface area (Å²) in [6, 6.07) is 12.9. The third kappa shape index (κ3) is 4.21. The van der Waals surface area contributed by atoms with Crippen LogP contribution in [0.15, 0.2) is 42.5 Å². The highest BCUT2D eigenvalue weighted by Gasteiger charge is 2.09. The van der Waals surface area contributed by atoms with Crippen LogP contribution in [0.2, 0.25) is 0 Å². The Morgan fingerprint density at radius 1 is 1.05 bits per heavy atom. The second-order valence-electron chi connectivity index (χ2n) is 5.27. The lowest BCUT2D eigenvalue weighted by Gasteiger charge is -2.15. The smallest absolute Gasteiger partial charge is 0.160 e. The Balaban J connectivity index is 1.94. The summed E-state index contributed by atoms with van der Waals surface area (Å²) in [5, 5.41) is 3.34. The molecule has 0 aliphatic rings. The zero-order chi connectivity index (χ0) is 15.9. The van der Waals surface area contributed by atoms with E-state index in [0.717, 1.165) is 23.5 Å². The van der Waals surface area contributed by atoms with E-state index in [2.05, 4.69) is 12.2 Å². The fourth-order valence-corrected chi connectivity index (χ4v) is 2.36. The second-order valence-corrected chi connectivity index (χ2v) is 5.27. The Kier molecular flexibility index (Phi) is 5.78. The zero-order valence-corrected chi connectivity index (χ0v) is 13.2. The average Bonchev–Trinajstić information content (AvgIpc) is 2.54.